The lowest BCUT2D eigenvalue weighted by Crippen LogP contribution is -2.42. The molecule has 0 atom stereocenters. The van der Waals surface area contributed by atoms with Gasteiger partial charge >= 0.3 is 0 Å². The molecule has 0 radical (unpaired) electrons. The van der Waals surface area contributed by atoms with Crippen molar-refractivity contribution in [1.82, 2.24) is 29.6 Å². The van der Waals surface area contributed by atoms with Gasteiger partial charge in [-0.1, -0.05) is 0 Å². The van der Waals surface area contributed by atoms with E-state index in [2.05, 4.69) is 24.5 Å². The molecule has 0 aromatic carbocycles. The predicted octanol–water partition coefficient (Wildman–Crippen LogP) is 1.93. The lowest BCUT2D eigenvalue weighted by Gasteiger charge is -2.40. The van der Waals surface area contributed by atoms with E-state index < -0.39 is 10.0 Å². The molecular weight excluding hydrogens is 438 g/mol. The number of nitrogens with zero attached hydrogens (tertiary/aromatic N) is 6. The van der Waals surface area contributed by atoms with Gasteiger partial charge < -0.3 is 9.80 Å². The van der Waals surface area contributed by atoms with Crippen LogP contribution in [0.5, 0.6) is 0 Å². The smallest absolute Gasteiger partial charge is 0.208 e. The van der Waals surface area contributed by atoms with E-state index in [9.17, 15) is 8.42 Å². The van der Waals surface area contributed by atoms with E-state index in [1.807, 2.05) is 18.2 Å². The summed E-state index contributed by atoms with van der Waals surface area (Å²) in [4.78, 5) is 22.9. The molecule has 2 aliphatic heterocycles. The van der Waals surface area contributed by atoms with E-state index in [1.54, 1.807) is 24.8 Å². The van der Waals surface area contributed by atoms with Crippen molar-refractivity contribution in [3.63, 3.8) is 0 Å². The largest absolute Gasteiger partial charge is 0.356 e. The van der Waals surface area contributed by atoms with Crippen LogP contribution in [0.15, 0.2) is 43.0 Å². The molecule has 0 aliphatic carbocycles. The third-order valence-electron chi connectivity index (χ3n) is 6.85. The van der Waals surface area contributed by atoms with Crippen molar-refractivity contribution in [2.75, 3.05) is 50.4 Å². The van der Waals surface area contributed by atoms with Crippen molar-refractivity contribution in [2.45, 2.75) is 19.3 Å². The number of hydrogen-bond acceptors (Lipinski definition) is 8. The summed E-state index contributed by atoms with van der Waals surface area (Å²) in [5.41, 5.74) is 2.10. The minimum Gasteiger partial charge on any atom is -0.356 e. The average Bonchev–Trinajstić information content (AvgIpc) is 3.21. The van der Waals surface area contributed by atoms with Crippen LogP contribution in [-0.4, -0.2) is 78.8 Å². The van der Waals surface area contributed by atoms with E-state index in [4.69, 9.17) is 9.97 Å². The first kappa shape index (κ1) is 22.1. The number of anilines is 1. The summed E-state index contributed by atoms with van der Waals surface area (Å²) in [6.07, 6.45) is 11.7. The van der Waals surface area contributed by atoms with Gasteiger partial charge in [0.15, 0.2) is 5.82 Å². The van der Waals surface area contributed by atoms with Gasteiger partial charge in [0.1, 0.15) is 5.82 Å². The molecule has 1 spiro atoms. The maximum Gasteiger partial charge on any atom is 0.208 e. The number of hydrogen-bond donors (Lipinski definition) is 1. The number of piperidine rings is 1. The van der Waals surface area contributed by atoms with E-state index in [-0.39, 0.29) is 0 Å². The minimum atomic E-state index is -3.13. The minimum absolute atomic E-state index is 0.305. The summed E-state index contributed by atoms with van der Waals surface area (Å²) in [5.74, 6) is 1.66. The first-order valence-corrected chi connectivity index (χ1v) is 13.2. The zero-order chi connectivity index (χ0) is 22.9. The molecule has 174 valence electrons. The van der Waals surface area contributed by atoms with E-state index in [0.29, 0.717) is 17.8 Å². The maximum absolute atomic E-state index is 11.3. The van der Waals surface area contributed by atoms with Crippen LogP contribution in [0.1, 0.15) is 19.3 Å². The molecule has 5 heterocycles. The normalized spacial score (nSPS) is 18.9. The van der Waals surface area contributed by atoms with Gasteiger partial charge in [-0.3, -0.25) is 9.97 Å². The molecule has 0 unspecified atom stereocenters. The number of pyridine rings is 2. The Bertz CT molecular complexity index is 1230. The fourth-order valence-electron chi connectivity index (χ4n) is 5.04. The van der Waals surface area contributed by atoms with E-state index in [1.165, 1.54) is 6.26 Å². The predicted molar refractivity (Wildman–Crippen MR) is 128 cm³/mol. The number of fused-ring (bicyclic) bond motifs is 1. The van der Waals surface area contributed by atoms with Crippen LogP contribution in [0.25, 0.3) is 22.3 Å². The van der Waals surface area contributed by atoms with Gasteiger partial charge in [-0.2, -0.15) is 0 Å². The fourth-order valence-corrected chi connectivity index (χ4v) is 5.51. The Morgan fingerprint density at radius 2 is 1.73 bits per heavy atom. The van der Waals surface area contributed by atoms with Crippen LogP contribution >= 0.6 is 0 Å². The van der Waals surface area contributed by atoms with Crippen LogP contribution in [0.2, 0.25) is 0 Å². The Kier molecular flexibility index (Phi) is 5.98. The number of rotatable bonds is 6. The molecule has 0 saturated carbocycles. The molecule has 2 fully saturated rings. The highest BCUT2D eigenvalue weighted by Crippen LogP contribution is 2.41. The molecule has 10 heteroatoms. The Balaban J connectivity index is 1.31. The summed E-state index contributed by atoms with van der Waals surface area (Å²) in [7, 11) is -3.13. The Labute approximate surface area is 194 Å². The van der Waals surface area contributed by atoms with Gasteiger partial charge in [-0.15, -0.1) is 0 Å². The zero-order valence-corrected chi connectivity index (χ0v) is 19.6. The highest BCUT2D eigenvalue weighted by molar-refractivity contribution is 7.88. The van der Waals surface area contributed by atoms with Crippen molar-refractivity contribution < 1.29 is 8.42 Å². The van der Waals surface area contributed by atoms with E-state index >= 15 is 0 Å². The third-order valence-corrected chi connectivity index (χ3v) is 7.58. The van der Waals surface area contributed by atoms with Gasteiger partial charge in [-0.25, -0.2) is 23.1 Å². The molecular formula is C23H29N7O2S. The number of nitrogens with one attached hydrogen (secondary N) is 1. The molecule has 3 aromatic rings. The second-order valence-electron chi connectivity index (χ2n) is 9.18. The molecule has 1 N–H and O–H groups in total. The molecule has 0 bridgehead atoms. The van der Waals surface area contributed by atoms with Crippen molar-refractivity contribution >= 4 is 26.7 Å². The standard InChI is InChI=1S/C23H29N7O2S/c1-33(31,32)26-11-15-29-12-5-23(17-29)6-13-30(14-7-23)22-19-4-10-25-16-20(19)27-21(28-22)18-2-8-24-9-3-18/h2-4,8-10,16,26H,5-7,11-15,17H2,1H3. The number of sulfonamides is 1. The van der Waals surface area contributed by atoms with Crippen LogP contribution in [0.4, 0.5) is 5.82 Å². The Hall–Kier alpha value is -2.69. The van der Waals surface area contributed by atoms with Gasteiger partial charge in [-0.05, 0) is 49.4 Å². The van der Waals surface area contributed by atoms with Gasteiger partial charge in [0, 0.05) is 62.3 Å². The average molecular weight is 468 g/mol. The topological polar surface area (TPSA) is 104 Å². The fraction of sp³-hybridized carbons (Fsp3) is 0.478. The SMILES string of the molecule is CS(=O)(=O)NCCN1CCC2(CCN(c3nc(-c4ccncc4)nc4cnccc34)CC2)C1. The third kappa shape index (κ3) is 4.97. The van der Waals surface area contributed by atoms with Crippen LogP contribution < -0.4 is 9.62 Å². The highest BCUT2D eigenvalue weighted by atomic mass is 32.2. The van der Waals surface area contributed by atoms with Crippen LogP contribution in [-0.2, 0) is 10.0 Å². The first-order chi connectivity index (χ1) is 15.9. The monoisotopic (exact) mass is 467 g/mol. The first-order valence-electron chi connectivity index (χ1n) is 11.4. The summed E-state index contributed by atoms with van der Waals surface area (Å²) in [5, 5.41) is 1.03. The molecule has 3 aromatic heterocycles. The second-order valence-corrected chi connectivity index (χ2v) is 11.0. The summed E-state index contributed by atoms with van der Waals surface area (Å²) in [6.45, 7) is 5.18. The Morgan fingerprint density at radius 3 is 2.48 bits per heavy atom. The quantitative estimate of drug-likeness (QED) is 0.586. The van der Waals surface area contributed by atoms with Gasteiger partial charge in [0.05, 0.1) is 18.0 Å². The lowest BCUT2D eigenvalue weighted by molar-refractivity contribution is 0.210. The summed E-state index contributed by atoms with van der Waals surface area (Å²) < 4.78 is 25.3. The summed E-state index contributed by atoms with van der Waals surface area (Å²) >= 11 is 0. The highest BCUT2D eigenvalue weighted by Gasteiger charge is 2.40. The molecule has 2 aliphatic rings. The maximum atomic E-state index is 11.3. The van der Waals surface area contributed by atoms with Gasteiger partial charge in [0.2, 0.25) is 10.0 Å². The number of likely N-dealkylation sites (tertiary alicyclic amines) is 1. The molecule has 5 rings (SSSR count). The lowest BCUT2D eigenvalue weighted by atomic mass is 9.78. The molecule has 2 saturated heterocycles. The van der Waals surface area contributed by atoms with Crippen molar-refractivity contribution in [3.8, 4) is 11.4 Å². The van der Waals surface area contributed by atoms with Crippen LogP contribution in [0, 0.1) is 5.41 Å². The van der Waals surface area contributed by atoms with Gasteiger partial charge in [0.25, 0.3) is 0 Å². The number of aromatic nitrogens is 4. The molecule has 0 amide bonds. The van der Waals surface area contributed by atoms with Crippen molar-refractivity contribution in [3.05, 3.63) is 43.0 Å². The van der Waals surface area contributed by atoms with Crippen LogP contribution in [0.3, 0.4) is 0 Å². The van der Waals surface area contributed by atoms with Crippen molar-refractivity contribution in [1.29, 1.82) is 0 Å². The van der Waals surface area contributed by atoms with E-state index in [0.717, 1.165) is 74.3 Å². The summed E-state index contributed by atoms with van der Waals surface area (Å²) in [6, 6.07) is 5.86. The molecule has 33 heavy (non-hydrogen) atoms. The Morgan fingerprint density at radius 1 is 1.00 bits per heavy atom. The molecule has 9 nitrogen and oxygen atoms in total. The second kappa shape index (κ2) is 8.92. The van der Waals surface area contributed by atoms with Crippen molar-refractivity contribution in [2.24, 2.45) is 5.41 Å². The zero-order valence-electron chi connectivity index (χ0n) is 18.8.